The lowest BCUT2D eigenvalue weighted by molar-refractivity contribution is -0.202. The Morgan fingerprint density at radius 1 is 1.25 bits per heavy atom. The van der Waals surface area contributed by atoms with Gasteiger partial charge in [0.15, 0.2) is 6.61 Å². The molecule has 0 aromatic carbocycles. The molecule has 1 atom stereocenters. The molecule has 2 rings (SSSR count). The number of halogens is 6. The summed E-state index contributed by atoms with van der Waals surface area (Å²) in [6.45, 7) is 0.00229. The van der Waals surface area contributed by atoms with Gasteiger partial charge in [-0.05, 0) is 30.4 Å². The summed E-state index contributed by atoms with van der Waals surface area (Å²) in [6, 6.07) is 2.05. The molecular weight excluding hydrogens is 392 g/mol. The number of hydrogen-bond donors (Lipinski definition) is 2. The second kappa shape index (κ2) is 8.44. The van der Waals surface area contributed by atoms with Crippen LogP contribution in [0, 0.1) is 11.3 Å². The summed E-state index contributed by atoms with van der Waals surface area (Å²) in [5.74, 6) is -0.953. The number of alkyl halides is 6. The van der Waals surface area contributed by atoms with Crippen LogP contribution in [0.25, 0.3) is 0 Å². The Labute approximate surface area is 157 Å². The first-order valence-corrected chi connectivity index (χ1v) is 8.70. The van der Waals surface area contributed by atoms with Crippen molar-refractivity contribution in [1.29, 1.82) is 0 Å². The number of carbonyl (C=O) groups excluding carboxylic acids is 1. The number of nitrogens with zero attached hydrogens (tertiary/aromatic N) is 1. The van der Waals surface area contributed by atoms with Crippen molar-refractivity contribution in [3.63, 3.8) is 0 Å². The van der Waals surface area contributed by atoms with Gasteiger partial charge in [0, 0.05) is 25.4 Å². The zero-order valence-electron chi connectivity index (χ0n) is 15.1. The summed E-state index contributed by atoms with van der Waals surface area (Å²) in [6.07, 6.45) is -7.15. The van der Waals surface area contributed by atoms with E-state index in [4.69, 9.17) is 0 Å². The standard InChI is InChI=1S/C17H21F6N3O2/c1-2-12(15(4-5-15)17(21,22)23)9-26-14(27)25-8-11-3-6-24-13(7-11)28-10-16(18,19)20/h3,6-7,12H,2,4-5,8-10H2,1H3,(H2,25,26,27). The molecule has 1 saturated carbocycles. The number of carbonyl (C=O) groups is 1. The van der Waals surface area contributed by atoms with Crippen molar-refractivity contribution in [3.05, 3.63) is 23.9 Å². The second-order valence-corrected chi connectivity index (χ2v) is 6.73. The summed E-state index contributed by atoms with van der Waals surface area (Å²) < 4.78 is 80.5. The van der Waals surface area contributed by atoms with Crippen LogP contribution in [0.15, 0.2) is 18.3 Å². The minimum Gasteiger partial charge on any atom is -0.468 e. The fraction of sp³-hybridized carbons (Fsp3) is 0.647. The molecule has 5 nitrogen and oxygen atoms in total. The van der Waals surface area contributed by atoms with Gasteiger partial charge in [0.1, 0.15) is 0 Å². The van der Waals surface area contributed by atoms with E-state index in [2.05, 4.69) is 20.4 Å². The van der Waals surface area contributed by atoms with Gasteiger partial charge in [0.25, 0.3) is 0 Å². The van der Waals surface area contributed by atoms with Crippen molar-refractivity contribution in [3.8, 4) is 5.88 Å². The number of pyridine rings is 1. The van der Waals surface area contributed by atoms with Gasteiger partial charge in [-0.25, -0.2) is 9.78 Å². The largest absolute Gasteiger partial charge is 0.468 e. The maximum atomic E-state index is 13.2. The highest BCUT2D eigenvalue weighted by Crippen LogP contribution is 2.62. The highest BCUT2D eigenvalue weighted by atomic mass is 19.4. The molecule has 11 heteroatoms. The molecule has 1 aromatic heterocycles. The molecule has 0 aliphatic heterocycles. The summed E-state index contributed by atoms with van der Waals surface area (Å²) in [7, 11) is 0. The average Bonchev–Trinajstić information content (AvgIpc) is 3.40. The van der Waals surface area contributed by atoms with Crippen molar-refractivity contribution in [2.45, 2.75) is 45.1 Å². The van der Waals surface area contributed by atoms with Gasteiger partial charge in [-0.3, -0.25) is 0 Å². The molecule has 2 amide bonds. The van der Waals surface area contributed by atoms with Gasteiger partial charge in [-0.15, -0.1) is 0 Å². The number of nitrogens with one attached hydrogen (secondary N) is 2. The smallest absolute Gasteiger partial charge is 0.422 e. The van der Waals surface area contributed by atoms with E-state index < -0.39 is 36.3 Å². The predicted molar refractivity (Wildman–Crippen MR) is 87.5 cm³/mol. The third kappa shape index (κ3) is 5.90. The van der Waals surface area contributed by atoms with Crippen LogP contribution in [0.4, 0.5) is 31.1 Å². The van der Waals surface area contributed by atoms with E-state index in [9.17, 15) is 31.1 Å². The number of ether oxygens (including phenoxy) is 1. The average molecular weight is 413 g/mol. The Morgan fingerprint density at radius 3 is 2.46 bits per heavy atom. The lowest BCUT2D eigenvalue weighted by Crippen LogP contribution is -2.43. The number of amides is 2. The summed E-state index contributed by atoms with van der Waals surface area (Å²) >= 11 is 0. The highest BCUT2D eigenvalue weighted by Gasteiger charge is 2.66. The quantitative estimate of drug-likeness (QED) is 0.629. The van der Waals surface area contributed by atoms with Crippen molar-refractivity contribution >= 4 is 6.03 Å². The lowest BCUT2D eigenvalue weighted by atomic mass is 9.86. The van der Waals surface area contributed by atoms with Crippen molar-refractivity contribution < 1.29 is 35.9 Å². The summed E-state index contributed by atoms with van der Waals surface area (Å²) in [5, 5.41) is 4.89. The van der Waals surface area contributed by atoms with Crippen LogP contribution in [0.1, 0.15) is 31.7 Å². The Hall–Kier alpha value is -2.20. The molecule has 0 saturated heterocycles. The van der Waals surface area contributed by atoms with Gasteiger partial charge in [-0.2, -0.15) is 26.3 Å². The number of urea groups is 1. The van der Waals surface area contributed by atoms with Crippen LogP contribution in [-0.2, 0) is 6.54 Å². The van der Waals surface area contributed by atoms with Gasteiger partial charge in [0.05, 0.1) is 5.41 Å². The molecule has 1 unspecified atom stereocenters. The zero-order chi connectivity index (χ0) is 21.0. The Bertz CT molecular complexity index is 674. The molecule has 1 heterocycles. The maximum absolute atomic E-state index is 13.2. The first kappa shape index (κ1) is 22.1. The Morgan fingerprint density at radius 2 is 1.93 bits per heavy atom. The van der Waals surface area contributed by atoms with Crippen LogP contribution in [0.3, 0.4) is 0 Å². The lowest BCUT2D eigenvalue weighted by Gasteiger charge is -2.28. The van der Waals surface area contributed by atoms with Crippen LogP contribution >= 0.6 is 0 Å². The monoisotopic (exact) mass is 413 g/mol. The summed E-state index contributed by atoms with van der Waals surface area (Å²) in [4.78, 5) is 15.5. The molecular formula is C17H21F6N3O2. The normalized spacial score (nSPS) is 17.0. The number of hydrogen-bond acceptors (Lipinski definition) is 3. The SMILES string of the molecule is CCC(CNC(=O)NCc1ccnc(OCC(F)(F)F)c1)C1(C(F)(F)F)CC1. The van der Waals surface area contributed by atoms with Gasteiger partial charge in [-0.1, -0.05) is 13.3 Å². The molecule has 0 radical (unpaired) electrons. The maximum Gasteiger partial charge on any atom is 0.422 e. The van der Waals surface area contributed by atoms with Crippen LogP contribution in [0.5, 0.6) is 5.88 Å². The molecule has 158 valence electrons. The predicted octanol–water partition coefficient (Wildman–Crippen LogP) is 4.19. The third-order valence-corrected chi connectivity index (χ3v) is 4.77. The Balaban J connectivity index is 1.81. The fourth-order valence-corrected chi connectivity index (χ4v) is 3.04. The second-order valence-electron chi connectivity index (χ2n) is 6.73. The molecule has 2 N–H and O–H groups in total. The van der Waals surface area contributed by atoms with Gasteiger partial charge < -0.3 is 15.4 Å². The first-order chi connectivity index (χ1) is 13.0. The van der Waals surface area contributed by atoms with Crippen LogP contribution in [-0.4, -0.2) is 36.5 Å². The van der Waals surface area contributed by atoms with E-state index in [0.717, 1.165) is 0 Å². The number of rotatable bonds is 8. The molecule has 0 spiro atoms. The van der Waals surface area contributed by atoms with E-state index >= 15 is 0 Å². The summed E-state index contributed by atoms with van der Waals surface area (Å²) in [5.41, 5.74) is -1.28. The molecule has 1 aliphatic carbocycles. The van der Waals surface area contributed by atoms with E-state index in [0.29, 0.717) is 5.56 Å². The van der Waals surface area contributed by atoms with Crippen molar-refractivity contribution in [1.82, 2.24) is 15.6 Å². The van der Waals surface area contributed by atoms with Gasteiger partial charge in [0.2, 0.25) is 5.88 Å². The fourth-order valence-electron chi connectivity index (χ4n) is 3.04. The zero-order valence-corrected chi connectivity index (χ0v) is 15.1. The van der Waals surface area contributed by atoms with Gasteiger partial charge >= 0.3 is 18.4 Å². The minimum atomic E-state index is -4.50. The van der Waals surface area contributed by atoms with E-state index in [1.165, 1.54) is 18.3 Å². The minimum absolute atomic E-state index is 0.0437. The van der Waals surface area contributed by atoms with E-state index in [-0.39, 0.29) is 38.2 Å². The molecule has 28 heavy (non-hydrogen) atoms. The van der Waals surface area contributed by atoms with Crippen LogP contribution in [0.2, 0.25) is 0 Å². The van der Waals surface area contributed by atoms with Crippen molar-refractivity contribution in [2.75, 3.05) is 13.2 Å². The molecule has 1 fully saturated rings. The molecule has 1 aromatic rings. The third-order valence-electron chi connectivity index (χ3n) is 4.77. The van der Waals surface area contributed by atoms with E-state index in [1.54, 1.807) is 6.92 Å². The Kier molecular flexibility index (Phi) is 6.66. The van der Waals surface area contributed by atoms with Crippen molar-refractivity contribution in [2.24, 2.45) is 11.3 Å². The molecule has 1 aliphatic rings. The first-order valence-electron chi connectivity index (χ1n) is 8.70. The topological polar surface area (TPSA) is 63.2 Å². The van der Waals surface area contributed by atoms with E-state index in [1.807, 2.05) is 0 Å². The number of aromatic nitrogens is 1. The van der Waals surface area contributed by atoms with Crippen LogP contribution < -0.4 is 15.4 Å². The molecule has 0 bridgehead atoms. The highest BCUT2D eigenvalue weighted by molar-refractivity contribution is 5.73.